The second-order valence-corrected chi connectivity index (χ2v) is 11.2. The molecule has 0 radical (unpaired) electrons. The third-order valence-corrected chi connectivity index (χ3v) is 8.63. The predicted octanol–water partition coefficient (Wildman–Crippen LogP) is 4.54. The smallest absolute Gasteiger partial charge is 0.303 e. The van der Waals surface area contributed by atoms with Gasteiger partial charge in [0, 0.05) is 18.9 Å². The topological polar surface area (TPSA) is 124 Å². The molecule has 2 aliphatic heterocycles. The van der Waals surface area contributed by atoms with Crippen LogP contribution in [0.1, 0.15) is 75.0 Å². The molecule has 0 unspecified atom stereocenters. The van der Waals surface area contributed by atoms with Crippen molar-refractivity contribution in [1.82, 2.24) is 4.90 Å². The van der Waals surface area contributed by atoms with Gasteiger partial charge in [-0.15, -0.1) is 0 Å². The van der Waals surface area contributed by atoms with E-state index < -0.39 is 17.8 Å². The molecular formula is C31H41NO7. The fourth-order valence-corrected chi connectivity index (χ4v) is 6.60. The van der Waals surface area contributed by atoms with E-state index in [9.17, 15) is 24.6 Å². The number of aliphatic hydroxyl groups excluding tert-OH is 1. The Hall–Kier alpha value is -2.97. The molecule has 0 spiro atoms. The fraction of sp³-hybridized carbons (Fsp3) is 0.581. The minimum absolute atomic E-state index is 0.0875. The first-order chi connectivity index (χ1) is 18.7. The Kier molecular flexibility index (Phi) is 9.28. The number of amides is 2. The van der Waals surface area contributed by atoms with Crippen LogP contribution in [0.2, 0.25) is 0 Å². The van der Waals surface area contributed by atoms with Gasteiger partial charge in [0.2, 0.25) is 11.8 Å². The van der Waals surface area contributed by atoms with Gasteiger partial charge in [0.15, 0.2) is 0 Å². The van der Waals surface area contributed by atoms with Gasteiger partial charge in [0.1, 0.15) is 5.75 Å². The molecule has 3 aliphatic rings. The van der Waals surface area contributed by atoms with Crippen molar-refractivity contribution < 1.29 is 34.4 Å². The molecule has 2 fully saturated rings. The van der Waals surface area contributed by atoms with Crippen LogP contribution in [0, 0.1) is 31.6 Å². The van der Waals surface area contributed by atoms with E-state index in [4.69, 9.17) is 9.84 Å². The maximum Gasteiger partial charge on any atom is 0.303 e. The van der Waals surface area contributed by atoms with Crippen LogP contribution < -0.4 is 0 Å². The molecule has 4 rings (SSSR count). The Morgan fingerprint density at radius 3 is 2.44 bits per heavy atom. The normalized spacial score (nSPS) is 24.9. The fourth-order valence-electron chi connectivity index (χ4n) is 6.60. The zero-order valence-electron chi connectivity index (χ0n) is 23.2. The number of unbranched alkanes of at least 4 members (excludes halogenated alkanes) is 2. The number of likely N-dealkylation sites (tertiary alicyclic amines) is 1. The van der Waals surface area contributed by atoms with E-state index in [1.807, 2.05) is 26.0 Å². The first kappa shape index (κ1) is 29.0. The summed E-state index contributed by atoms with van der Waals surface area (Å²) in [6.45, 7) is 6.45. The van der Waals surface area contributed by atoms with Crippen LogP contribution in [-0.2, 0) is 19.1 Å². The van der Waals surface area contributed by atoms with E-state index >= 15 is 0 Å². The van der Waals surface area contributed by atoms with Crippen LogP contribution in [-0.4, -0.2) is 63.9 Å². The number of carbonyl (C=O) groups excluding carboxylic acids is 2. The Balaban J connectivity index is 1.44. The van der Waals surface area contributed by atoms with Crippen molar-refractivity contribution in [2.45, 2.75) is 78.2 Å². The maximum atomic E-state index is 13.4. The van der Waals surface area contributed by atoms with Crippen LogP contribution in [0.15, 0.2) is 28.9 Å². The number of ether oxygens (including phenoxy) is 1. The minimum Gasteiger partial charge on any atom is -0.507 e. The molecule has 8 nitrogen and oxygen atoms in total. The van der Waals surface area contributed by atoms with Gasteiger partial charge < -0.3 is 20.1 Å². The number of fused-ring (bicyclic) bond motifs is 3. The van der Waals surface area contributed by atoms with E-state index in [2.05, 4.69) is 13.0 Å². The average molecular weight is 540 g/mol. The van der Waals surface area contributed by atoms with Gasteiger partial charge in [-0.05, 0) is 92.3 Å². The zero-order chi connectivity index (χ0) is 28.3. The number of phenolic OH excluding ortho intramolecular Hbond substituents is 1. The number of aliphatic carboxylic acids is 1. The summed E-state index contributed by atoms with van der Waals surface area (Å²) in [5, 5.41) is 29.1. The molecule has 8 heteroatoms. The van der Waals surface area contributed by atoms with Gasteiger partial charge >= 0.3 is 5.97 Å². The summed E-state index contributed by atoms with van der Waals surface area (Å²) in [4.78, 5) is 38.7. The molecule has 0 bridgehead atoms. The number of aryl methyl sites for hydroxylation is 2. The van der Waals surface area contributed by atoms with Crippen molar-refractivity contribution >= 4 is 23.9 Å². The summed E-state index contributed by atoms with van der Waals surface area (Å²) in [5.74, 6) is -1.94. The van der Waals surface area contributed by atoms with Gasteiger partial charge in [0.25, 0.3) is 0 Å². The number of hydrogen-bond donors (Lipinski definition) is 3. The Labute approximate surface area is 230 Å². The first-order valence-corrected chi connectivity index (χ1v) is 14.2. The van der Waals surface area contributed by atoms with E-state index in [1.165, 1.54) is 10.5 Å². The largest absolute Gasteiger partial charge is 0.507 e. The number of carbonyl (C=O) groups is 3. The monoisotopic (exact) mass is 539 g/mol. The lowest BCUT2D eigenvalue weighted by atomic mass is 9.69. The highest BCUT2D eigenvalue weighted by atomic mass is 16.5. The Morgan fingerprint density at radius 1 is 1.08 bits per heavy atom. The van der Waals surface area contributed by atoms with E-state index in [1.54, 1.807) is 0 Å². The second kappa shape index (κ2) is 12.5. The second-order valence-electron chi connectivity index (χ2n) is 11.2. The third-order valence-electron chi connectivity index (χ3n) is 8.63. The Morgan fingerprint density at radius 2 is 1.79 bits per heavy atom. The van der Waals surface area contributed by atoms with Crippen LogP contribution >= 0.6 is 0 Å². The van der Waals surface area contributed by atoms with Crippen LogP contribution in [0.4, 0.5) is 0 Å². The maximum absolute atomic E-state index is 13.4. The summed E-state index contributed by atoms with van der Waals surface area (Å²) in [6.07, 6.45) is 6.62. The minimum atomic E-state index is -0.840. The quantitative estimate of drug-likeness (QED) is 0.202. The molecule has 2 saturated heterocycles. The lowest BCUT2D eigenvalue weighted by Crippen LogP contribution is -2.35. The van der Waals surface area contributed by atoms with Crippen LogP contribution in [0.3, 0.4) is 0 Å². The SMILES string of the molecule is CC/C(=C\c1cc(C)c(O)c(C)c1)CC[C@H]1OC[C@H]2C1=C(CO)C[C@H]1C(=O)N(CCCCCC(=O)O)C(=O)[C@H]12. The van der Waals surface area contributed by atoms with E-state index in [-0.39, 0.29) is 36.9 Å². The molecule has 2 heterocycles. The molecule has 212 valence electrons. The number of carboxylic acid groups (broad SMARTS) is 1. The lowest BCUT2D eigenvalue weighted by Gasteiger charge is -2.31. The summed E-state index contributed by atoms with van der Waals surface area (Å²) in [5.41, 5.74) is 5.85. The van der Waals surface area contributed by atoms with Gasteiger partial charge in [-0.25, -0.2) is 0 Å². The highest BCUT2D eigenvalue weighted by Gasteiger charge is 2.56. The average Bonchev–Trinajstić information content (AvgIpc) is 3.43. The standard InChI is InChI=1S/C31H41NO7/c1-4-20(14-21-12-18(2)29(36)19(3)13-21)9-10-25-27-22(16-33)15-23-28(24(27)17-39-25)31(38)32(30(23)37)11-7-5-6-8-26(34)35/h12-14,23-25,28,33,36H,4-11,15-17H2,1-3H3,(H,34,35)/b20-14+/t23-,24+,25-,28-/m1/s1. The van der Waals surface area contributed by atoms with Gasteiger partial charge in [-0.1, -0.05) is 25.0 Å². The summed E-state index contributed by atoms with van der Waals surface area (Å²) >= 11 is 0. The molecule has 0 saturated carbocycles. The van der Waals surface area contributed by atoms with E-state index in [0.717, 1.165) is 47.1 Å². The molecule has 1 aromatic rings. The highest BCUT2D eigenvalue weighted by molar-refractivity contribution is 6.06. The Bertz CT molecular complexity index is 1160. The van der Waals surface area contributed by atoms with Gasteiger partial charge in [-0.3, -0.25) is 19.3 Å². The number of allylic oxidation sites excluding steroid dienone is 1. The number of nitrogens with zero attached hydrogens (tertiary/aromatic N) is 1. The summed E-state index contributed by atoms with van der Waals surface area (Å²) < 4.78 is 6.23. The van der Waals surface area contributed by atoms with Crippen molar-refractivity contribution in [1.29, 1.82) is 0 Å². The molecule has 0 aromatic heterocycles. The van der Waals surface area contributed by atoms with Crippen molar-refractivity contribution in [2.75, 3.05) is 19.8 Å². The molecule has 1 aliphatic carbocycles. The third kappa shape index (κ3) is 6.12. The number of imide groups is 1. The van der Waals surface area contributed by atoms with Gasteiger partial charge in [0.05, 0.1) is 31.2 Å². The molecule has 4 atom stereocenters. The molecular weight excluding hydrogens is 498 g/mol. The van der Waals surface area contributed by atoms with Crippen LogP contribution in [0.5, 0.6) is 5.75 Å². The molecule has 3 N–H and O–H groups in total. The first-order valence-electron chi connectivity index (χ1n) is 14.2. The number of benzene rings is 1. The molecule has 39 heavy (non-hydrogen) atoms. The predicted molar refractivity (Wildman–Crippen MR) is 147 cm³/mol. The number of hydrogen-bond acceptors (Lipinski definition) is 6. The molecule has 1 aromatic carbocycles. The van der Waals surface area contributed by atoms with Crippen LogP contribution in [0.25, 0.3) is 6.08 Å². The number of aliphatic hydroxyl groups is 1. The number of rotatable bonds is 12. The molecule has 2 amide bonds. The number of phenols is 1. The summed E-state index contributed by atoms with van der Waals surface area (Å²) in [6, 6.07) is 3.96. The number of carboxylic acids is 1. The number of aromatic hydroxyl groups is 1. The van der Waals surface area contributed by atoms with Crippen molar-refractivity contribution in [3.8, 4) is 5.75 Å². The highest BCUT2D eigenvalue weighted by Crippen LogP contribution is 2.49. The van der Waals surface area contributed by atoms with E-state index in [0.29, 0.717) is 44.6 Å². The van der Waals surface area contributed by atoms with Crippen molar-refractivity contribution in [3.05, 3.63) is 45.5 Å². The lowest BCUT2D eigenvalue weighted by molar-refractivity contribution is -0.141. The van der Waals surface area contributed by atoms with Gasteiger partial charge in [-0.2, -0.15) is 0 Å². The van der Waals surface area contributed by atoms with Crippen molar-refractivity contribution in [3.63, 3.8) is 0 Å². The summed E-state index contributed by atoms with van der Waals surface area (Å²) in [7, 11) is 0. The zero-order valence-corrected chi connectivity index (χ0v) is 23.2. The van der Waals surface area contributed by atoms with Crippen molar-refractivity contribution in [2.24, 2.45) is 17.8 Å².